The lowest BCUT2D eigenvalue weighted by molar-refractivity contribution is -0.137. The monoisotopic (exact) mass is 406 g/mol. The molecule has 0 radical (unpaired) electrons. The Morgan fingerprint density at radius 1 is 1.10 bits per heavy atom. The maximum Gasteiger partial charge on any atom is 0.418 e. The summed E-state index contributed by atoms with van der Waals surface area (Å²) in [4.78, 5) is 36.1. The third kappa shape index (κ3) is 4.23. The number of alkyl halides is 3. The van der Waals surface area contributed by atoms with Crippen molar-refractivity contribution in [3.8, 4) is 0 Å². The van der Waals surface area contributed by atoms with Crippen LogP contribution >= 0.6 is 0 Å². The van der Waals surface area contributed by atoms with E-state index in [0.717, 1.165) is 12.1 Å². The predicted molar refractivity (Wildman–Crippen MR) is 98.3 cm³/mol. The largest absolute Gasteiger partial charge is 0.445 e. The van der Waals surface area contributed by atoms with Crippen molar-refractivity contribution in [2.45, 2.75) is 32.0 Å². The third-order valence-electron chi connectivity index (χ3n) is 4.46. The molecule has 0 saturated heterocycles. The van der Waals surface area contributed by atoms with Crippen LogP contribution in [-0.4, -0.2) is 23.4 Å². The zero-order valence-electron chi connectivity index (χ0n) is 15.5. The van der Waals surface area contributed by atoms with Gasteiger partial charge in [-0.05, 0) is 36.8 Å². The molecule has 0 aliphatic carbocycles. The number of cyclic esters (lactones) is 1. The van der Waals surface area contributed by atoms with E-state index in [0.29, 0.717) is 11.1 Å². The summed E-state index contributed by atoms with van der Waals surface area (Å²) in [7, 11) is 0. The van der Waals surface area contributed by atoms with Gasteiger partial charge in [0.25, 0.3) is 5.91 Å². The number of fused-ring (bicyclic) bond motifs is 1. The number of carbonyl (C=O) groups is 3. The van der Waals surface area contributed by atoms with Gasteiger partial charge in [0.2, 0.25) is 5.91 Å². The van der Waals surface area contributed by atoms with E-state index < -0.39 is 40.8 Å². The van der Waals surface area contributed by atoms with Gasteiger partial charge in [0.1, 0.15) is 0 Å². The predicted octanol–water partition coefficient (Wildman–Crippen LogP) is 3.77. The lowest BCUT2D eigenvalue weighted by Crippen LogP contribution is -2.49. The highest BCUT2D eigenvalue weighted by molar-refractivity contribution is 6.03. The number of anilines is 2. The number of hydrogen-bond donors (Lipinski definition) is 2. The van der Waals surface area contributed by atoms with E-state index in [1.807, 2.05) is 0 Å². The second kappa shape index (κ2) is 7.23. The first-order valence-corrected chi connectivity index (χ1v) is 8.61. The van der Waals surface area contributed by atoms with E-state index in [1.54, 1.807) is 24.3 Å². The van der Waals surface area contributed by atoms with Crippen molar-refractivity contribution in [1.82, 2.24) is 0 Å². The Balaban J connectivity index is 1.90. The molecule has 1 unspecified atom stereocenters. The number of amides is 2. The Kier molecular flexibility index (Phi) is 5.08. The van der Waals surface area contributed by atoms with Crippen LogP contribution in [0.2, 0.25) is 0 Å². The van der Waals surface area contributed by atoms with E-state index in [4.69, 9.17) is 4.74 Å². The molecule has 2 aromatic carbocycles. The van der Waals surface area contributed by atoms with Crippen LogP contribution in [-0.2, 0) is 26.9 Å². The lowest BCUT2D eigenvalue weighted by atomic mass is 9.89. The van der Waals surface area contributed by atoms with Crippen molar-refractivity contribution in [3.63, 3.8) is 0 Å². The minimum atomic E-state index is -4.78. The summed E-state index contributed by atoms with van der Waals surface area (Å²) in [5.74, 6) is -2.14. The SMILES string of the molecule is CC(=O)Nc1ccc(NC(=O)C2(C)Cc3ccccc3C(=O)O2)c(C(F)(F)F)c1. The number of benzene rings is 2. The highest BCUT2D eigenvalue weighted by atomic mass is 19.4. The maximum absolute atomic E-state index is 13.5. The second-order valence-corrected chi connectivity index (χ2v) is 6.85. The van der Waals surface area contributed by atoms with Crippen molar-refractivity contribution in [2.75, 3.05) is 10.6 Å². The second-order valence-electron chi connectivity index (χ2n) is 6.85. The van der Waals surface area contributed by atoms with Crippen molar-refractivity contribution in [3.05, 3.63) is 59.2 Å². The molecule has 152 valence electrons. The van der Waals surface area contributed by atoms with E-state index >= 15 is 0 Å². The van der Waals surface area contributed by atoms with Gasteiger partial charge >= 0.3 is 12.1 Å². The fourth-order valence-electron chi connectivity index (χ4n) is 3.08. The molecule has 1 aliphatic rings. The molecular formula is C20H17F3N2O4. The number of esters is 1. The molecule has 0 spiro atoms. The first kappa shape index (κ1) is 20.4. The van der Waals surface area contributed by atoms with Gasteiger partial charge in [-0.3, -0.25) is 9.59 Å². The van der Waals surface area contributed by atoms with Gasteiger partial charge in [0.15, 0.2) is 5.60 Å². The summed E-state index contributed by atoms with van der Waals surface area (Å²) in [6, 6.07) is 9.54. The summed E-state index contributed by atoms with van der Waals surface area (Å²) >= 11 is 0. The van der Waals surface area contributed by atoms with Crippen molar-refractivity contribution >= 4 is 29.2 Å². The van der Waals surface area contributed by atoms with Gasteiger partial charge in [-0.2, -0.15) is 13.2 Å². The topological polar surface area (TPSA) is 84.5 Å². The Morgan fingerprint density at radius 3 is 2.45 bits per heavy atom. The average Bonchev–Trinajstić information content (AvgIpc) is 2.61. The Morgan fingerprint density at radius 2 is 1.79 bits per heavy atom. The molecular weight excluding hydrogens is 389 g/mol. The fraction of sp³-hybridized carbons (Fsp3) is 0.250. The maximum atomic E-state index is 13.5. The summed E-state index contributed by atoms with van der Waals surface area (Å²) in [5.41, 5.74) is -2.50. The zero-order chi connectivity index (χ0) is 21.4. The highest BCUT2D eigenvalue weighted by Gasteiger charge is 2.43. The van der Waals surface area contributed by atoms with E-state index in [9.17, 15) is 27.6 Å². The van der Waals surface area contributed by atoms with Gasteiger partial charge in [0.05, 0.1) is 16.8 Å². The van der Waals surface area contributed by atoms with Crippen molar-refractivity contribution in [1.29, 1.82) is 0 Å². The third-order valence-corrected chi connectivity index (χ3v) is 4.46. The molecule has 29 heavy (non-hydrogen) atoms. The van der Waals surface area contributed by atoms with E-state index in [1.165, 1.54) is 19.9 Å². The molecule has 6 nitrogen and oxygen atoms in total. The quantitative estimate of drug-likeness (QED) is 0.760. The summed E-state index contributed by atoms with van der Waals surface area (Å²) in [5, 5.41) is 4.47. The Labute approximate surface area is 164 Å². The van der Waals surface area contributed by atoms with Crippen molar-refractivity contribution < 1.29 is 32.3 Å². The Bertz CT molecular complexity index is 1000. The van der Waals surface area contributed by atoms with Gasteiger partial charge in [-0.25, -0.2) is 4.79 Å². The molecule has 2 N–H and O–H groups in total. The normalized spacial score (nSPS) is 18.4. The molecule has 9 heteroatoms. The smallest absolute Gasteiger partial charge is 0.418 e. The molecule has 1 atom stereocenters. The van der Waals surface area contributed by atoms with Crippen LogP contribution in [0.4, 0.5) is 24.5 Å². The van der Waals surface area contributed by atoms with Crippen LogP contribution < -0.4 is 10.6 Å². The standard InChI is InChI=1S/C20H17F3N2O4/c1-11(26)24-13-7-8-16(15(9-13)20(21,22)23)25-18(28)19(2)10-12-5-3-4-6-14(12)17(27)29-19/h3-9H,10H2,1-2H3,(H,24,26)(H,25,28). The fourth-order valence-corrected chi connectivity index (χ4v) is 3.08. The molecule has 3 rings (SSSR count). The van der Waals surface area contributed by atoms with Crippen LogP contribution in [0.1, 0.15) is 35.3 Å². The summed E-state index contributed by atoms with van der Waals surface area (Å²) < 4.78 is 45.6. The highest BCUT2D eigenvalue weighted by Crippen LogP contribution is 2.37. The van der Waals surface area contributed by atoms with Crippen LogP contribution in [0.25, 0.3) is 0 Å². The Hall–Kier alpha value is -3.36. The molecule has 1 heterocycles. The molecule has 0 bridgehead atoms. The van der Waals surface area contributed by atoms with Gasteiger partial charge in [-0.1, -0.05) is 18.2 Å². The first-order valence-electron chi connectivity index (χ1n) is 8.61. The van der Waals surface area contributed by atoms with Crippen LogP contribution in [0.3, 0.4) is 0 Å². The molecule has 2 amide bonds. The first-order chi connectivity index (χ1) is 13.5. The van der Waals surface area contributed by atoms with Crippen molar-refractivity contribution in [2.24, 2.45) is 0 Å². The van der Waals surface area contributed by atoms with Gasteiger partial charge in [0, 0.05) is 19.0 Å². The van der Waals surface area contributed by atoms with E-state index in [-0.39, 0.29) is 12.1 Å². The molecule has 0 saturated carbocycles. The number of nitrogens with one attached hydrogen (secondary N) is 2. The van der Waals surface area contributed by atoms with Crippen LogP contribution in [0, 0.1) is 0 Å². The molecule has 0 fully saturated rings. The molecule has 0 aromatic heterocycles. The van der Waals surface area contributed by atoms with E-state index in [2.05, 4.69) is 10.6 Å². The number of carbonyl (C=O) groups excluding carboxylic acids is 3. The molecule has 1 aliphatic heterocycles. The van der Waals surface area contributed by atoms with Gasteiger partial charge < -0.3 is 15.4 Å². The zero-order valence-corrected chi connectivity index (χ0v) is 15.5. The number of hydrogen-bond acceptors (Lipinski definition) is 4. The lowest BCUT2D eigenvalue weighted by Gasteiger charge is -2.33. The number of ether oxygens (including phenoxy) is 1. The minimum Gasteiger partial charge on any atom is -0.445 e. The molecule has 2 aromatic rings. The average molecular weight is 406 g/mol. The van der Waals surface area contributed by atoms with Crippen LogP contribution in [0.5, 0.6) is 0 Å². The minimum absolute atomic E-state index is 0.0199. The number of rotatable bonds is 3. The summed E-state index contributed by atoms with van der Waals surface area (Å²) in [6.07, 6.45) is -4.76. The van der Waals surface area contributed by atoms with Gasteiger partial charge in [-0.15, -0.1) is 0 Å². The summed E-state index contributed by atoms with van der Waals surface area (Å²) in [6.45, 7) is 2.51. The van der Waals surface area contributed by atoms with Crippen LogP contribution in [0.15, 0.2) is 42.5 Å². The number of halogens is 3.